The Bertz CT molecular complexity index is 1580. The minimum absolute atomic E-state index is 0.0650. The van der Waals surface area contributed by atoms with E-state index in [9.17, 15) is 16.8 Å². The van der Waals surface area contributed by atoms with Crippen molar-refractivity contribution in [3.63, 3.8) is 0 Å². The molecule has 0 saturated heterocycles. The quantitative estimate of drug-likeness (QED) is 0.285. The number of rotatable bonds is 11. The van der Waals surface area contributed by atoms with Gasteiger partial charge in [-0.3, -0.25) is 8.86 Å². The molecule has 12 nitrogen and oxygen atoms in total. The van der Waals surface area contributed by atoms with Crippen molar-refractivity contribution >= 4 is 42.8 Å². The normalized spacial score (nSPS) is 12.2. The van der Waals surface area contributed by atoms with E-state index in [4.69, 9.17) is 8.92 Å². The van der Waals surface area contributed by atoms with Crippen molar-refractivity contribution in [1.82, 2.24) is 23.7 Å². The summed E-state index contributed by atoms with van der Waals surface area (Å²) in [6.45, 7) is 4.06. The van der Waals surface area contributed by atoms with Crippen LogP contribution in [0.25, 0.3) is 11.0 Å². The zero-order valence-electron chi connectivity index (χ0n) is 19.9. The summed E-state index contributed by atoms with van der Waals surface area (Å²) in [5.41, 5.74) is 2.07. The van der Waals surface area contributed by atoms with Gasteiger partial charge in [0, 0.05) is 6.20 Å². The first kappa shape index (κ1) is 25.6. The third-order valence-electron chi connectivity index (χ3n) is 5.20. The highest BCUT2D eigenvalue weighted by Crippen LogP contribution is 2.29. The van der Waals surface area contributed by atoms with Crippen molar-refractivity contribution < 1.29 is 25.8 Å². The monoisotopic (exact) mass is 534 g/mol. The molecule has 0 saturated carbocycles. The van der Waals surface area contributed by atoms with Gasteiger partial charge in [-0.25, -0.2) is 12.4 Å². The highest BCUT2D eigenvalue weighted by Gasteiger charge is 2.22. The third-order valence-corrected chi connectivity index (χ3v) is 7.39. The van der Waals surface area contributed by atoms with Crippen LogP contribution in [-0.2, 0) is 36.6 Å². The van der Waals surface area contributed by atoms with Crippen molar-refractivity contribution in [3.8, 4) is 5.88 Å². The van der Waals surface area contributed by atoms with E-state index in [0.717, 1.165) is 10.2 Å². The van der Waals surface area contributed by atoms with Gasteiger partial charge in [-0.15, -0.1) is 0 Å². The summed E-state index contributed by atoms with van der Waals surface area (Å²) in [6.07, 6.45) is 3.96. The molecule has 0 atom stereocenters. The number of nitrogens with one attached hydrogen (secondary N) is 1. The fourth-order valence-electron chi connectivity index (χ4n) is 3.54. The molecule has 3 heterocycles. The molecule has 4 rings (SSSR count). The van der Waals surface area contributed by atoms with E-state index in [1.54, 1.807) is 48.9 Å². The van der Waals surface area contributed by atoms with Gasteiger partial charge < -0.3 is 10.1 Å². The number of anilines is 2. The molecule has 3 aromatic heterocycles. The third kappa shape index (κ3) is 5.83. The molecule has 1 N–H and O–H groups in total. The molecule has 192 valence electrons. The maximum atomic E-state index is 13.2. The summed E-state index contributed by atoms with van der Waals surface area (Å²) in [5.74, 6) is 0.164. The smallest absolute Gasteiger partial charge is 0.264 e. The maximum absolute atomic E-state index is 13.2. The van der Waals surface area contributed by atoms with Crippen molar-refractivity contribution in [3.05, 3.63) is 60.0 Å². The minimum Gasteiger partial charge on any atom is -0.477 e. The van der Waals surface area contributed by atoms with E-state index in [-0.39, 0.29) is 36.4 Å². The van der Waals surface area contributed by atoms with Crippen LogP contribution in [-0.4, -0.2) is 60.0 Å². The van der Waals surface area contributed by atoms with E-state index in [1.165, 1.54) is 12.4 Å². The van der Waals surface area contributed by atoms with Gasteiger partial charge in [0.25, 0.3) is 10.1 Å². The van der Waals surface area contributed by atoms with Crippen LogP contribution in [0.15, 0.2) is 48.8 Å². The molecule has 14 heteroatoms. The van der Waals surface area contributed by atoms with Crippen LogP contribution in [0.5, 0.6) is 5.88 Å². The van der Waals surface area contributed by atoms with Crippen LogP contribution >= 0.6 is 0 Å². The van der Waals surface area contributed by atoms with E-state index in [0.29, 0.717) is 28.9 Å². The first-order valence-electron chi connectivity index (χ1n) is 11.0. The van der Waals surface area contributed by atoms with Gasteiger partial charge in [0.05, 0.1) is 54.7 Å². The van der Waals surface area contributed by atoms with Crippen LogP contribution in [0.3, 0.4) is 0 Å². The topological polar surface area (TPSA) is 147 Å². The molecule has 0 aliphatic carbocycles. The van der Waals surface area contributed by atoms with Gasteiger partial charge in [-0.05, 0) is 25.5 Å². The van der Waals surface area contributed by atoms with E-state index < -0.39 is 20.1 Å². The Morgan fingerprint density at radius 1 is 1.06 bits per heavy atom. The second kappa shape index (κ2) is 10.2. The number of ether oxygens (including phenoxy) is 1. The fourth-order valence-corrected chi connectivity index (χ4v) is 5.31. The zero-order chi connectivity index (χ0) is 25.9. The highest BCUT2D eigenvalue weighted by molar-refractivity contribution is 7.89. The summed E-state index contributed by atoms with van der Waals surface area (Å²) < 4.78 is 62.0. The number of fused-ring (bicyclic) bond motifs is 1. The number of hydrogen-bond acceptors (Lipinski definition) is 10. The first-order valence-corrected chi connectivity index (χ1v) is 14.4. The number of hydrogen-bond donors (Lipinski definition) is 1. The van der Waals surface area contributed by atoms with Crippen molar-refractivity contribution in [2.24, 2.45) is 0 Å². The Balaban J connectivity index is 1.66. The molecule has 0 aliphatic rings. The van der Waals surface area contributed by atoms with E-state index in [2.05, 4.69) is 20.4 Å². The van der Waals surface area contributed by atoms with Gasteiger partial charge in [0.2, 0.25) is 21.9 Å². The molecule has 0 amide bonds. The summed E-state index contributed by atoms with van der Waals surface area (Å²) in [7, 11) is -7.33. The van der Waals surface area contributed by atoms with Gasteiger partial charge in [-0.2, -0.15) is 23.5 Å². The lowest BCUT2D eigenvalue weighted by Crippen LogP contribution is -2.15. The predicted octanol–water partition coefficient (Wildman–Crippen LogP) is 2.43. The Morgan fingerprint density at radius 2 is 1.81 bits per heavy atom. The number of aromatic nitrogens is 5. The molecule has 4 aromatic rings. The minimum atomic E-state index is -3.78. The molecule has 0 radical (unpaired) electrons. The molecule has 36 heavy (non-hydrogen) atoms. The number of benzene rings is 1. The zero-order valence-corrected chi connectivity index (χ0v) is 21.6. The molecule has 0 fully saturated rings. The van der Waals surface area contributed by atoms with E-state index >= 15 is 0 Å². The van der Waals surface area contributed by atoms with Crippen LogP contribution in [0.4, 0.5) is 11.6 Å². The standard InChI is InChI=1S/C22H26N6O6S2/c1-4-33-21-18-10-11-28(36(31,32)15-17-8-6-5-7-9-17)20(18)25-22(26-21)24-19-14-23-27(16(19)2)12-13-34-35(3,29)30/h5-11,14H,4,12-13,15H2,1-3H3,(H,24,25,26). The number of nitrogens with zero attached hydrogens (tertiary/aromatic N) is 5. The lowest BCUT2D eigenvalue weighted by Gasteiger charge is -2.11. The van der Waals surface area contributed by atoms with Gasteiger partial charge in [0.15, 0.2) is 5.65 Å². The summed E-state index contributed by atoms with van der Waals surface area (Å²) in [4.78, 5) is 8.88. The lowest BCUT2D eigenvalue weighted by atomic mass is 10.2. The van der Waals surface area contributed by atoms with Gasteiger partial charge in [0.1, 0.15) is 0 Å². The Hall–Kier alpha value is -3.49. The Labute approximate surface area is 209 Å². The predicted molar refractivity (Wildman–Crippen MR) is 134 cm³/mol. The fraction of sp³-hybridized carbons (Fsp3) is 0.318. The molecule has 0 unspecified atom stereocenters. The maximum Gasteiger partial charge on any atom is 0.264 e. The van der Waals surface area contributed by atoms with Crippen molar-refractivity contribution in [1.29, 1.82) is 0 Å². The summed E-state index contributed by atoms with van der Waals surface area (Å²) >= 11 is 0. The molecule has 0 spiro atoms. The van der Waals surface area contributed by atoms with Gasteiger partial charge >= 0.3 is 0 Å². The highest BCUT2D eigenvalue weighted by atomic mass is 32.2. The second-order valence-electron chi connectivity index (χ2n) is 7.89. The molecule has 0 aliphatic heterocycles. The Kier molecular flexibility index (Phi) is 7.28. The lowest BCUT2D eigenvalue weighted by molar-refractivity contribution is 0.296. The average Bonchev–Trinajstić information content (AvgIpc) is 3.39. The average molecular weight is 535 g/mol. The molecular weight excluding hydrogens is 508 g/mol. The van der Waals surface area contributed by atoms with Crippen LogP contribution in [0, 0.1) is 6.92 Å². The summed E-state index contributed by atoms with van der Waals surface area (Å²) in [5, 5.41) is 7.76. The molecular formula is C22H26N6O6S2. The molecule has 0 bridgehead atoms. The first-order chi connectivity index (χ1) is 17.1. The van der Waals surface area contributed by atoms with Crippen LogP contribution < -0.4 is 10.1 Å². The SMILES string of the molecule is CCOc1nc(Nc2cnn(CCOS(C)(=O)=O)c2C)nc2c1ccn2S(=O)(=O)Cc1ccccc1. The Morgan fingerprint density at radius 3 is 2.50 bits per heavy atom. The van der Waals surface area contributed by atoms with Crippen LogP contribution in [0.1, 0.15) is 18.2 Å². The van der Waals surface area contributed by atoms with Crippen molar-refractivity contribution in [2.75, 3.05) is 24.8 Å². The van der Waals surface area contributed by atoms with Gasteiger partial charge in [-0.1, -0.05) is 30.3 Å². The van der Waals surface area contributed by atoms with Crippen LogP contribution in [0.2, 0.25) is 0 Å². The van der Waals surface area contributed by atoms with Crippen molar-refractivity contribution in [2.45, 2.75) is 26.1 Å². The van der Waals surface area contributed by atoms with E-state index in [1.807, 2.05) is 6.07 Å². The molecule has 1 aromatic carbocycles. The largest absolute Gasteiger partial charge is 0.477 e. The second-order valence-corrected chi connectivity index (χ2v) is 11.4. The summed E-state index contributed by atoms with van der Waals surface area (Å²) in [6, 6.07) is 10.5.